The summed E-state index contributed by atoms with van der Waals surface area (Å²) in [7, 11) is 0. The Morgan fingerprint density at radius 2 is 2.09 bits per heavy atom. The fourth-order valence-corrected chi connectivity index (χ4v) is 2.87. The Morgan fingerprint density at radius 1 is 1.27 bits per heavy atom. The Morgan fingerprint density at radius 3 is 2.91 bits per heavy atom. The van der Waals surface area contributed by atoms with Crippen LogP contribution in [-0.4, -0.2) is 45.7 Å². The lowest BCUT2D eigenvalue weighted by molar-refractivity contribution is 0.114. The van der Waals surface area contributed by atoms with E-state index in [1.807, 2.05) is 0 Å². The van der Waals surface area contributed by atoms with Gasteiger partial charge in [0.2, 0.25) is 0 Å². The number of hydrogen-bond donors (Lipinski definition) is 2. The molecule has 116 valence electrons. The van der Waals surface area contributed by atoms with Crippen LogP contribution in [0.2, 0.25) is 5.15 Å². The van der Waals surface area contributed by atoms with Crippen LogP contribution in [0, 0.1) is 0 Å². The number of rotatable bonds is 5. The number of anilines is 1. The van der Waals surface area contributed by atoms with Crippen LogP contribution in [0.15, 0.2) is 36.7 Å². The van der Waals surface area contributed by atoms with Crippen molar-refractivity contribution in [3.05, 3.63) is 52.9 Å². The van der Waals surface area contributed by atoms with E-state index in [1.54, 1.807) is 6.20 Å². The van der Waals surface area contributed by atoms with E-state index in [-0.39, 0.29) is 0 Å². The monoisotopic (exact) mass is 318 g/mol. The van der Waals surface area contributed by atoms with Crippen LogP contribution in [0.5, 0.6) is 0 Å². The van der Waals surface area contributed by atoms with Crippen molar-refractivity contribution in [2.45, 2.75) is 19.1 Å². The summed E-state index contributed by atoms with van der Waals surface area (Å²) in [6, 6.07) is 8.49. The molecule has 0 saturated heterocycles. The van der Waals surface area contributed by atoms with Gasteiger partial charge in [-0.2, -0.15) is 0 Å². The minimum absolute atomic E-state index is 0.340. The van der Waals surface area contributed by atoms with E-state index in [1.165, 1.54) is 17.3 Å². The number of hydrogen-bond acceptors (Lipinski definition) is 5. The third-order valence-electron chi connectivity index (χ3n) is 3.80. The predicted octanol–water partition coefficient (Wildman–Crippen LogP) is 1.96. The Hall–Kier alpha value is -1.69. The second-order valence-electron chi connectivity index (χ2n) is 5.52. The molecule has 0 unspecified atom stereocenters. The van der Waals surface area contributed by atoms with Gasteiger partial charge in [-0.3, -0.25) is 9.88 Å². The molecule has 1 aromatic carbocycles. The van der Waals surface area contributed by atoms with E-state index < -0.39 is 6.10 Å². The number of fused-ring (bicyclic) bond motifs is 1. The van der Waals surface area contributed by atoms with Crippen molar-refractivity contribution in [3.63, 3.8) is 0 Å². The highest BCUT2D eigenvalue weighted by atomic mass is 35.5. The van der Waals surface area contributed by atoms with Gasteiger partial charge in [-0.05, 0) is 17.5 Å². The maximum absolute atomic E-state index is 10.2. The molecule has 6 heteroatoms. The fourth-order valence-electron chi connectivity index (χ4n) is 2.72. The molecule has 22 heavy (non-hydrogen) atoms. The molecule has 2 aromatic rings. The summed E-state index contributed by atoms with van der Waals surface area (Å²) in [5, 5.41) is 13.6. The van der Waals surface area contributed by atoms with E-state index in [4.69, 9.17) is 11.6 Å². The SMILES string of the molecule is O[C@H](CNc1cncc(Cl)n1)CN1CCc2ccccc2C1. The zero-order chi connectivity index (χ0) is 15.4. The number of aromatic nitrogens is 2. The van der Waals surface area contributed by atoms with Gasteiger partial charge in [0.05, 0.1) is 18.5 Å². The number of β-amino-alcohol motifs (C(OH)–C–C–N with tert-alkyl or cyclic N) is 1. The summed E-state index contributed by atoms with van der Waals surface area (Å²) in [6.45, 7) is 2.93. The van der Waals surface area contributed by atoms with E-state index in [9.17, 15) is 5.11 Å². The Bertz CT molecular complexity index is 637. The summed E-state index contributed by atoms with van der Waals surface area (Å²) < 4.78 is 0. The van der Waals surface area contributed by atoms with Crippen LogP contribution in [0.25, 0.3) is 0 Å². The highest BCUT2D eigenvalue weighted by molar-refractivity contribution is 6.29. The fraction of sp³-hybridized carbons (Fsp3) is 0.375. The number of aliphatic hydroxyl groups excluding tert-OH is 1. The van der Waals surface area contributed by atoms with Gasteiger partial charge in [-0.25, -0.2) is 4.98 Å². The van der Waals surface area contributed by atoms with Crippen molar-refractivity contribution in [1.29, 1.82) is 0 Å². The van der Waals surface area contributed by atoms with Crippen LogP contribution < -0.4 is 5.32 Å². The highest BCUT2D eigenvalue weighted by Crippen LogP contribution is 2.18. The largest absolute Gasteiger partial charge is 0.390 e. The molecule has 2 N–H and O–H groups in total. The van der Waals surface area contributed by atoms with Gasteiger partial charge in [0.25, 0.3) is 0 Å². The van der Waals surface area contributed by atoms with Crippen LogP contribution in [0.4, 0.5) is 5.82 Å². The number of benzene rings is 1. The van der Waals surface area contributed by atoms with Gasteiger partial charge in [0.15, 0.2) is 0 Å². The van der Waals surface area contributed by atoms with Crippen molar-refractivity contribution in [1.82, 2.24) is 14.9 Å². The summed E-state index contributed by atoms with van der Waals surface area (Å²) in [5.41, 5.74) is 2.77. The third kappa shape index (κ3) is 3.94. The minimum Gasteiger partial charge on any atom is -0.390 e. The smallest absolute Gasteiger partial charge is 0.149 e. The Labute approximate surface area is 135 Å². The van der Waals surface area contributed by atoms with Gasteiger partial charge in [0.1, 0.15) is 11.0 Å². The third-order valence-corrected chi connectivity index (χ3v) is 3.98. The number of nitrogens with one attached hydrogen (secondary N) is 1. The van der Waals surface area contributed by atoms with Crippen molar-refractivity contribution in [2.75, 3.05) is 25.0 Å². The molecule has 0 bridgehead atoms. The van der Waals surface area contributed by atoms with Crippen molar-refractivity contribution in [2.24, 2.45) is 0 Å². The molecule has 0 radical (unpaired) electrons. The number of halogens is 1. The first kappa shape index (κ1) is 15.2. The molecule has 0 spiro atoms. The topological polar surface area (TPSA) is 61.3 Å². The van der Waals surface area contributed by atoms with Gasteiger partial charge in [-0.1, -0.05) is 35.9 Å². The zero-order valence-corrected chi connectivity index (χ0v) is 13.0. The van der Waals surface area contributed by atoms with Gasteiger partial charge in [0, 0.05) is 26.2 Å². The molecule has 0 saturated carbocycles. The first-order valence-electron chi connectivity index (χ1n) is 7.39. The predicted molar refractivity (Wildman–Crippen MR) is 87.0 cm³/mol. The molecule has 0 amide bonds. The van der Waals surface area contributed by atoms with Crippen LogP contribution in [-0.2, 0) is 13.0 Å². The summed E-state index contributed by atoms with van der Waals surface area (Å²) in [4.78, 5) is 10.3. The minimum atomic E-state index is -0.467. The molecular formula is C16H19ClN4O. The van der Waals surface area contributed by atoms with E-state index in [2.05, 4.69) is 44.5 Å². The lowest BCUT2D eigenvalue weighted by Crippen LogP contribution is -2.39. The molecule has 1 atom stereocenters. The second-order valence-corrected chi connectivity index (χ2v) is 5.90. The van der Waals surface area contributed by atoms with Gasteiger partial charge >= 0.3 is 0 Å². The van der Waals surface area contributed by atoms with Crippen LogP contribution in [0.1, 0.15) is 11.1 Å². The second kappa shape index (κ2) is 7.05. The zero-order valence-electron chi connectivity index (χ0n) is 12.2. The van der Waals surface area contributed by atoms with E-state index in [0.29, 0.717) is 24.1 Å². The lowest BCUT2D eigenvalue weighted by atomic mass is 10.00. The first-order valence-corrected chi connectivity index (χ1v) is 7.77. The van der Waals surface area contributed by atoms with E-state index >= 15 is 0 Å². The quantitative estimate of drug-likeness (QED) is 0.882. The number of aliphatic hydroxyl groups is 1. The van der Waals surface area contributed by atoms with Crippen LogP contribution >= 0.6 is 11.6 Å². The molecule has 3 rings (SSSR count). The summed E-state index contributed by atoms with van der Waals surface area (Å²) in [5.74, 6) is 0.579. The van der Waals surface area contributed by atoms with Crippen molar-refractivity contribution in [3.8, 4) is 0 Å². The molecule has 0 fully saturated rings. The molecule has 1 aromatic heterocycles. The van der Waals surface area contributed by atoms with E-state index in [0.717, 1.165) is 19.5 Å². The van der Waals surface area contributed by atoms with Crippen LogP contribution in [0.3, 0.4) is 0 Å². The molecule has 2 heterocycles. The molecular weight excluding hydrogens is 300 g/mol. The molecule has 1 aliphatic rings. The summed E-state index contributed by atoms with van der Waals surface area (Å²) >= 11 is 5.78. The van der Waals surface area contributed by atoms with Crippen molar-refractivity contribution >= 4 is 17.4 Å². The standard InChI is InChI=1S/C16H19ClN4O/c17-15-8-18-9-16(20-15)19-7-14(22)11-21-6-5-12-3-1-2-4-13(12)10-21/h1-4,8-9,14,22H,5-7,10-11H2,(H,19,20)/t14-/m1/s1. The maximum atomic E-state index is 10.2. The number of nitrogens with zero attached hydrogens (tertiary/aromatic N) is 3. The first-order chi connectivity index (χ1) is 10.7. The lowest BCUT2D eigenvalue weighted by Gasteiger charge is -2.30. The summed E-state index contributed by atoms with van der Waals surface area (Å²) in [6.07, 6.45) is 3.64. The van der Waals surface area contributed by atoms with Gasteiger partial charge in [-0.15, -0.1) is 0 Å². The molecule has 0 aliphatic carbocycles. The molecule has 1 aliphatic heterocycles. The normalized spacial score (nSPS) is 16.1. The average molecular weight is 319 g/mol. The Balaban J connectivity index is 1.49. The highest BCUT2D eigenvalue weighted by Gasteiger charge is 2.18. The Kier molecular flexibility index (Phi) is 4.87. The average Bonchev–Trinajstić information content (AvgIpc) is 2.53. The maximum Gasteiger partial charge on any atom is 0.149 e. The van der Waals surface area contributed by atoms with Gasteiger partial charge < -0.3 is 10.4 Å². The van der Waals surface area contributed by atoms with Crippen molar-refractivity contribution < 1.29 is 5.11 Å². The molecule has 5 nitrogen and oxygen atoms in total.